The van der Waals surface area contributed by atoms with Crippen molar-refractivity contribution in [2.75, 3.05) is 32.8 Å². The molecule has 0 aromatic heterocycles. The number of rotatable bonds is 4. The van der Waals surface area contributed by atoms with Gasteiger partial charge >= 0.3 is 0 Å². The van der Waals surface area contributed by atoms with E-state index in [-0.39, 0.29) is 18.3 Å². The lowest BCUT2D eigenvalue weighted by Gasteiger charge is -2.26. The van der Waals surface area contributed by atoms with Gasteiger partial charge in [-0.2, -0.15) is 0 Å². The van der Waals surface area contributed by atoms with Crippen molar-refractivity contribution in [3.05, 3.63) is 35.6 Å². The van der Waals surface area contributed by atoms with E-state index in [9.17, 15) is 9.18 Å². The lowest BCUT2D eigenvalue weighted by molar-refractivity contribution is -0.134. The van der Waals surface area contributed by atoms with Crippen LogP contribution in [0.25, 0.3) is 0 Å². The fourth-order valence-corrected chi connectivity index (χ4v) is 1.87. The molecule has 1 aliphatic rings. The van der Waals surface area contributed by atoms with E-state index in [1.165, 1.54) is 6.07 Å². The largest absolute Gasteiger partial charge is 0.378 e. The van der Waals surface area contributed by atoms with Crippen LogP contribution in [0.3, 0.4) is 0 Å². The van der Waals surface area contributed by atoms with Crippen LogP contribution in [-0.4, -0.2) is 43.7 Å². The third-order valence-corrected chi connectivity index (χ3v) is 2.91. The van der Waals surface area contributed by atoms with Crippen LogP contribution in [0.1, 0.15) is 5.56 Å². The van der Waals surface area contributed by atoms with Crippen LogP contribution in [0.4, 0.5) is 4.39 Å². The molecule has 1 aliphatic heterocycles. The first-order chi connectivity index (χ1) is 8.77. The predicted octanol–water partition coefficient (Wildman–Crippen LogP) is 0.774. The summed E-state index contributed by atoms with van der Waals surface area (Å²) in [4.78, 5) is 13.5. The van der Waals surface area contributed by atoms with Crippen LogP contribution in [0.2, 0.25) is 0 Å². The van der Waals surface area contributed by atoms with E-state index in [0.29, 0.717) is 38.4 Å². The second kappa shape index (κ2) is 6.47. The van der Waals surface area contributed by atoms with Crippen molar-refractivity contribution in [2.45, 2.75) is 6.54 Å². The van der Waals surface area contributed by atoms with Crippen LogP contribution >= 0.6 is 0 Å². The molecule has 1 aromatic rings. The maximum Gasteiger partial charge on any atom is 0.236 e. The lowest BCUT2D eigenvalue weighted by atomic mass is 10.2. The van der Waals surface area contributed by atoms with Crippen molar-refractivity contribution in [2.24, 2.45) is 0 Å². The molecule has 0 spiro atoms. The zero-order chi connectivity index (χ0) is 12.8. The first-order valence-corrected chi connectivity index (χ1v) is 6.07. The molecular formula is C13H17FN2O2. The molecule has 1 amide bonds. The van der Waals surface area contributed by atoms with Gasteiger partial charge in [-0.1, -0.05) is 18.2 Å². The summed E-state index contributed by atoms with van der Waals surface area (Å²) >= 11 is 0. The molecule has 2 rings (SSSR count). The van der Waals surface area contributed by atoms with Crippen molar-refractivity contribution in [1.82, 2.24) is 10.2 Å². The monoisotopic (exact) mass is 252 g/mol. The van der Waals surface area contributed by atoms with Gasteiger partial charge in [0.05, 0.1) is 19.8 Å². The van der Waals surface area contributed by atoms with Gasteiger partial charge in [-0.3, -0.25) is 4.79 Å². The second-order valence-corrected chi connectivity index (χ2v) is 4.19. The number of nitrogens with zero attached hydrogens (tertiary/aromatic N) is 1. The number of morpholine rings is 1. The first-order valence-electron chi connectivity index (χ1n) is 6.07. The molecule has 1 saturated heterocycles. The Morgan fingerprint density at radius 2 is 2.06 bits per heavy atom. The van der Waals surface area contributed by atoms with Gasteiger partial charge in [-0.15, -0.1) is 0 Å². The Morgan fingerprint density at radius 3 is 2.78 bits per heavy atom. The van der Waals surface area contributed by atoms with Gasteiger partial charge in [0.1, 0.15) is 5.82 Å². The van der Waals surface area contributed by atoms with E-state index in [2.05, 4.69) is 5.32 Å². The zero-order valence-corrected chi connectivity index (χ0v) is 10.2. The summed E-state index contributed by atoms with van der Waals surface area (Å²) in [5.74, 6) is -0.210. The van der Waals surface area contributed by atoms with Crippen LogP contribution in [0.15, 0.2) is 24.3 Å². The predicted molar refractivity (Wildman–Crippen MR) is 65.5 cm³/mol. The molecule has 0 bridgehead atoms. The molecule has 1 fully saturated rings. The standard InChI is InChI=1S/C13H17FN2O2/c14-12-4-2-1-3-11(12)9-15-10-13(17)16-5-7-18-8-6-16/h1-4,15H,5-10H2. The number of benzene rings is 1. The molecule has 1 aromatic carbocycles. The van der Waals surface area contributed by atoms with Gasteiger partial charge in [0.2, 0.25) is 5.91 Å². The topological polar surface area (TPSA) is 41.6 Å². The summed E-state index contributed by atoms with van der Waals surface area (Å²) in [6.45, 7) is 3.07. The minimum atomic E-state index is -0.246. The number of amides is 1. The highest BCUT2D eigenvalue weighted by Crippen LogP contribution is 2.05. The van der Waals surface area contributed by atoms with E-state index in [1.807, 2.05) is 0 Å². The number of hydrogen-bond acceptors (Lipinski definition) is 3. The highest BCUT2D eigenvalue weighted by atomic mass is 19.1. The number of carbonyl (C=O) groups is 1. The summed E-state index contributed by atoms with van der Waals surface area (Å²) in [5, 5.41) is 2.97. The van der Waals surface area contributed by atoms with Crippen molar-refractivity contribution in [3.8, 4) is 0 Å². The first kappa shape index (κ1) is 13.0. The Morgan fingerprint density at radius 1 is 1.33 bits per heavy atom. The Labute approximate surface area is 106 Å². The average Bonchev–Trinajstić information content (AvgIpc) is 2.42. The van der Waals surface area contributed by atoms with E-state index in [1.54, 1.807) is 23.1 Å². The molecule has 18 heavy (non-hydrogen) atoms. The van der Waals surface area contributed by atoms with Gasteiger partial charge in [0.15, 0.2) is 0 Å². The van der Waals surface area contributed by atoms with Crippen molar-refractivity contribution in [1.29, 1.82) is 0 Å². The summed E-state index contributed by atoms with van der Waals surface area (Å²) in [6.07, 6.45) is 0. The highest BCUT2D eigenvalue weighted by Gasteiger charge is 2.16. The van der Waals surface area contributed by atoms with Crippen LogP contribution in [0.5, 0.6) is 0 Å². The molecule has 0 atom stereocenters. The fourth-order valence-electron chi connectivity index (χ4n) is 1.87. The van der Waals surface area contributed by atoms with Gasteiger partial charge in [0, 0.05) is 25.2 Å². The third kappa shape index (κ3) is 3.51. The number of hydrogen-bond donors (Lipinski definition) is 1. The molecule has 98 valence electrons. The molecule has 0 saturated carbocycles. The Hall–Kier alpha value is -1.46. The summed E-state index contributed by atoms with van der Waals surface area (Å²) in [7, 11) is 0. The summed E-state index contributed by atoms with van der Waals surface area (Å²) in [6, 6.07) is 6.56. The molecule has 1 heterocycles. The number of halogens is 1. The van der Waals surface area contributed by atoms with Gasteiger partial charge in [-0.05, 0) is 6.07 Å². The summed E-state index contributed by atoms with van der Waals surface area (Å²) < 4.78 is 18.5. The zero-order valence-electron chi connectivity index (χ0n) is 10.2. The molecule has 0 radical (unpaired) electrons. The molecule has 4 nitrogen and oxygen atoms in total. The Balaban J connectivity index is 1.75. The average molecular weight is 252 g/mol. The van der Waals surface area contributed by atoms with E-state index in [4.69, 9.17) is 4.74 Å². The molecule has 5 heteroatoms. The second-order valence-electron chi connectivity index (χ2n) is 4.19. The number of carbonyl (C=O) groups excluding carboxylic acids is 1. The van der Waals surface area contributed by atoms with Crippen molar-refractivity contribution < 1.29 is 13.9 Å². The molecule has 1 N–H and O–H groups in total. The quantitative estimate of drug-likeness (QED) is 0.860. The van der Waals surface area contributed by atoms with Gasteiger partial charge < -0.3 is 15.0 Å². The number of ether oxygens (including phenoxy) is 1. The Kier molecular flexibility index (Phi) is 4.66. The summed E-state index contributed by atoms with van der Waals surface area (Å²) in [5.41, 5.74) is 0.576. The van der Waals surface area contributed by atoms with E-state index >= 15 is 0 Å². The molecule has 0 aliphatic carbocycles. The van der Waals surface area contributed by atoms with Crippen LogP contribution in [0, 0.1) is 5.82 Å². The van der Waals surface area contributed by atoms with Crippen LogP contribution in [-0.2, 0) is 16.1 Å². The molecular weight excluding hydrogens is 235 g/mol. The van der Waals surface area contributed by atoms with Crippen LogP contribution < -0.4 is 5.32 Å². The molecule has 0 unspecified atom stereocenters. The smallest absolute Gasteiger partial charge is 0.236 e. The van der Waals surface area contributed by atoms with Gasteiger partial charge in [0.25, 0.3) is 0 Å². The minimum Gasteiger partial charge on any atom is -0.378 e. The fraction of sp³-hybridized carbons (Fsp3) is 0.462. The van der Waals surface area contributed by atoms with Gasteiger partial charge in [-0.25, -0.2) is 4.39 Å². The third-order valence-electron chi connectivity index (χ3n) is 2.91. The normalized spacial score (nSPS) is 15.7. The van der Waals surface area contributed by atoms with Crippen molar-refractivity contribution >= 4 is 5.91 Å². The Bertz CT molecular complexity index is 406. The minimum absolute atomic E-state index is 0.0367. The highest BCUT2D eigenvalue weighted by molar-refractivity contribution is 5.78. The maximum absolute atomic E-state index is 13.3. The van der Waals surface area contributed by atoms with E-state index < -0.39 is 0 Å². The number of nitrogens with one attached hydrogen (secondary N) is 1. The van der Waals surface area contributed by atoms with Crippen molar-refractivity contribution in [3.63, 3.8) is 0 Å². The SMILES string of the molecule is O=C(CNCc1ccccc1F)N1CCOCC1. The lowest BCUT2D eigenvalue weighted by Crippen LogP contribution is -2.44. The van der Waals surface area contributed by atoms with E-state index in [0.717, 1.165) is 0 Å². The maximum atomic E-state index is 13.3.